The summed E-state index contributed by atoms with van der Waals surface area (Å²) in [6, 6.07) is 10.5. The van der Waals surface area contributed by atoms with Crippen molar-refractivity contribution in [3.8, 4) is 0 Å². The predicted molar refractivity (Wildman–Crippen MR) is 85.2 cm³/mol. The van der Waals surface area contributed by atoms with Gasteiger partial charge in [-0.15, -0.1) is 12.4 Å². The monoisotopic (exact) mass is 296 g/mol. The van der Waals surface area contributed by atoms with E-state index in [1.807, 2.05) is 32.0 Å². The Kier molecular flexibility index (Phi) is 6.50. The first-order valence-electron chi connectivity index (χ1n) is 7.13. The lowest BCUT2D eigenvalue weighted by Crippen LogP contribution is -2.50. The van der Waals surface area contributed by atoms with Gasteiger partial charge in [0, 0.05) is 18.0 Å². The quantitative estimate of drug-likeness (QED) is 0.896. The zero-order valence-corrected chi connectivity index (χ0v) is 13.1. The zero-order chi connectivity index (χ0) is 13.7. The van der Waals surface area contributed by atoms with Crippen LogP contribution in [-0.4, -0.2) is 25.0 Å². The molecule has 1 heterocycles. The number of amides is 1. The molecule has 20 heavy (non-hydrogen) atoms. The molecule has 0 saturated carbocycles. The van der Waals surface area contributed by atoms with Crippen LogP contribution in [0.2, 0.25) is 0 Å². The van der Waals surface area contributed by atoms with Crippen molar-refractivity contribution in [2.75, 3.05) is 13.1 Å². The fraction of sp³-hybridized carbons (Fsp3) is 0.562. The molecule has 0 spiro atoms. The van der Waals surface area contributed by atoms with Gasteiger partial charge in [0.05, 0.1) is 0 Å². The lowest BCUT2D eigenvalue weighted by molar-refractivity contribution is -0.130. The summed E-state index contributed by atoms with van der Waals surface area (Å²) in [5.74, 6) is 0.157. The highest BCUT2D eigenvalue weighted by atomic mass is 35.5. The highest BCUT2D eigenvalue weighted by Gasteiger charge is 2.29. The van der Waals surface area contributed by atoms with E-state index in [9.17, 15) is 4.79 Å². The molecule has 1 saturated heterocycles. The topological polar surface area (TPSA) is 41.1 Å². The standard InChI is InChI=1S/C16H24N2O.ClH/c1-16(2,11-13-7-4-3-5-8-13)15(19)18-14-9-6-10-17-12-14;/h3-5,7-8,14,17H,6,9-12H2,1-2H3,(H,18,19);1H/t14-;/m0./s1. The summed E-state index contributed by atoms with van der Waals surface area (Å²) in [6.07, 6.45) is 3.00. The molecule has 1 aromatic rings. The minimum absolute atomic E-state index is 0. The minimum Gasteiger partial charge on any atom is -0.352 e. The Bertz CT molecular complexity index is 414. The summed E-state index contributed by atoms with van der Waals surface area (Å²) in [5, 5.41) is 6.50. The van der Waals surface area contributed by atoms with Crippen LogP contribution in [0.15, 0.2) is 30.3 Å². The number of halogens is 1. The number of hydrogen-bond acceptors (Lipinski definition) is 2. The second kappa shape index (κ2) is 7.65. The molecule has 1 aromatic carbocycles. The van der Waals surface area contributed by atoms with Crippen molar-refractivity contribution in [2.24, 2.45) is 5.41 Å². The Hall–Kier alpha value is -1.06. The fourth-order valence-corrected chi connectivity index (χ4v) is 2.54. The van der Waals surface area contributed by atoms with Crippen LogP contribution in [0.5, 0.6) is 0 Å². The highest BCUT2D eigenvalue weighted by Crippen LogP contribution is 2.22. The Morgan fingerprint density at radius 1 is 1.35 bits per heavy atom. The number of piperidine rings is 1. The van der Waals surface area contributed by atoms with E-state index < -0.39 is 0 Å². The van der Waals surface area contributed by atoms with E-state index in [1.165, 1.54) is 5.56 Å². The first kappa shape index (κ1) is 17.0. The van der Waals surface area contributed by atoms with Gasteiger partial charge in [-0.3, -0.25) is 4.79 Å². The first-order chi connectivity index (χ1) is 9.08. The molecule has 0 unspecified atom stereocenters. The lowest BCUT2D eigenvalue weighted by atomic mass is 9.84. The molecule has 2 N–H and O–H groups in total. The maximum Gasteiger partial charge on any atom is 0.226 e. The second-order valence-electron chi connectivity index (χ2n) is 6.06. The summed E-state index contributed by atoms with van der Waals surface area (Å²) in [5.41, 5.74) is 0.850. The maximum atomic E-state index is 12.4. The van der Waals surface area contributed by atoms with E-state index in [4.69, 9.17) is 0 Å². The van der Waals surface area contributed by atoms with Gasteiger partial charge in [0.25, 0.3) is 0 Å². The number of carbonyl (C=O) groups is 1. The molecule has 1 fully saturated rings. The van der Waals surface area contributed by atoms with Gasteiger partial charge in [0.1, 0.15) is 0 Å². The number of hydrogen-bond donors (Lipinski definition) is 2. The Labute approximate surface area is 127 Å². The summed E-state index contributed by atoms with van der Waals surface area (Å²) >= 11 is 0. The largest absolute Gasteiger partial charge is 0.352 e. The van der Waals surface area contributed by atoms with Gasteiger partial charge in [-0.05, 0) is 31.4 Å². The van der Waals surface area contributed by atoms with Gasteiger partial charge in [0.15, 0.2) is 0 Å². The third-order valence-corrected chi connectivity index (χ3v) is 3.74. The fourth-order valence-electron chi connectivity index (χ4n) is 2.54. The van der Waals surface area contributed by atoms with Crippen molar-refractivity contribution in [2.45, 2.75) is 39.2 Å². The van der Waals surface area contributed by atoms with E-state index in [0.717, 1.165) is 32.4 Å². The number of benzene rings is 1. The molecule has 1 atom stereocenters. The molecule has 1 amide bonds. The molecule has 3 nitrogen and oxygen atoms in total. The number of nitrogens with one attached hydrogen (secondary N) is 2. The minimum atomic E-state index is -0.362. The molecule has 0 bridgehead atoms. The predicted octanol–water partition coefficient (Wildman–Crippen LogP) is 2.55. The van der Waals surface area contributed by atoms with Crippen molar-refractivity contribution in [1.29, 1.82) is 0 Å². The van der Waals surface area contributed by atoms with Gasteiger partial charge >= 0.3 is 0 Å². The Morgan fingerprint density at radius 3 is 2.65 bits per heavy atom. The maximum absolute atomic E-state index is 12.4. The highest BCUT2D eigenvalue weighted by molar-refractivity contribution is 5.85. The molecule has 4 heteroatoms. The number of carbonyl (C=O) groups excluding carboxylic acids is 1. The van der Waals surface area contributed by atoms with Crippen LogP contribution in [0.25, 0.3) is 0 Å². The molecule has 0 radical (unpaired) electrons. The second-order valence-corrected chi connectivity index (χ2v) is 6.06. The van der Waals surface area contributed by atoms with Crippen LogP contribution in [0, 0.1) is 5.41 Å². The van der Waals surface area contributed by atoms with E-state index in [0.29, 0.717) is 0 Å². The van der Waals surface area contributed by atoms with E-state index >= 15 is 0 Å². The summed E-state index contributed by atoms with van der Waals surface area (Å²) in [4.78, 5) is 12.4. The zero-order valence-electron chi connectivity index (χ0n) is 12.3. The average molecular weight is 297 g/mol. The van der Waals surface area contributed by atoms with E-state index in [-0.39, 0.29) is 29.8 Å². The van der Waals surface area contributed by atoms with Crippen LogP contribution in [0.3, 0.4) is 0 Å². The molecule has 1 aliphatic rings. The van der Waals surface area contributed by atoms with Crippen molar-refractivity contribution in [3.05, 3.63) is 35.9 Å². The van der Waals surface area contributed by atoms with Gasteiger partial charge in [-0.2, -0.15) is 0 Å². The van der Waals surface area contributed by atoms with Crippen molar-refractivity contribution >= 4 is 18.3 Å². The van der Waals surface area contributed by atoms with Crippen LogP contribution >= 0.6 is 12.4 Å². The molecular weight excluding hydrogens is 272 g/mol. The molecule has 2 rings (SSSR count). The molecule has 1 aliphatic heterocycles. The van der Waals surface area contributed by atoms with Crippen LogP contribution in [0.1, 0.15) is 32.3 Å². The van der Waals surface area contributed by atoms with Crippen LogP contribution < -0.4 is 10.6 Å². The van der Waals surface area contributed by atoms with Gasteiger partial charge in [-0.1, -0.05) is 44.2 Å². The third-order valence-electron chi connectivity index (χ3n) is 3.74. The summed E-state index contributed by atoms with van der Waals surface area (Å²) < 4.78 is 0. The summed E-state index contributed by atoms with van der Waals surface area (Å²) in [6.45, 7) is 6.00. The molecule has 0 aromatic heterocycles. The SMILES string of the molecule is CC(C)(Cc1ccccc1)C(=O)N[C@H]1CCCNC1.Cl. The Morgan fingerprint density at radius 2 is 2.05 bits per heavy atom. The smallest absolute Gasteiger partial charge is 0.226 e. The van der Waals surface area contributed by atoms with Gasteiger partial charge in [0.2, 0.25) is 5.91 Å². The normalized spacial score (nSPS) is 19.0. The molecule has 112 valence electrons. The lowest BCUT2D eigenvalue weighted by Gasteiger charge is -2.29. The Balaban J connectivity index is 0.00000200. The average Bonchev–Trinajstić information content (AvgIpc) is 2.40. The van der Waals surface area contributed by atoms with E-state index in [1.54, 1.807) is 0 Å². The summed E-state index contributed by atoms with van der Waals surface area (Å²) in [7, 11) is 0. The first-order valence-corrected chi connectivity index (χ1v) is 7.13. The van der Waals surface area contributed by atoms with Crippen LogP contribution in [-0.2, 0) is 11.2 Å². The number of rotatable bonds is 4. The van der Waals surface area contributed by atoms with Crippen molar-refractivity contribution < 1.29 is 4.79 Å². The van der Waals surface area contributed by atoms with Crippen molar-refractivity contribution in [1.82, 2.24) is 10.6 Å². The van der Waals surface area contributed by atoms with Gasteiger partial charge < -0.3 is 10.6 Å². The van der Waals surface area contributed by atoms with Crippen molar-refractivity contribution in [3.63, 3.8) is 0 Å². The van der Waals surface area contributed by atoms with E-state index in [2.05, 4.69) is 22.8 Å². The third kappa shape index (κ3) is 4.80. The van der Waals surface area contributed by atoms with Gasteiger partial charge in [-0.25, -0.2) is 0 Å². The molecular formula is C16H25ClN2O. The molecule has 0 aliphatic carbocycles. The van der Waals surface area contributed by atoms with Crippen LogP contribution in [0.4, 0.5) is 0 Å².